The zero-order valence-corrected chi connectivity index (χ0v) is 8.25. The maximum atomic E-state index is 12.3. The third kappa shape index (κ3) is 1.52. The van der Waals surface area contributed by atoms with E-state index in [0.29, 0.717) is 19.1 Å². The van der Waals surface area contributed by atoms with Gasteiger partial charge in [0.2, 0.25) is 0 Å². The first kappa shape index (κ1) is 9.19. The lowest BCUT2D eigenvalue weighted by molar-refractivity contribution is -0.846. The lowest BCUT2D eigenvalue weighted by Crippen LogP contribution is -2.57. The Labute approximate surface area is 79.6 Å². The van der Waals surface area contributed by atoms with Gasteiger partial charge in [0.05, 0.1) is 19.1 Å². The van der Waals surface area contributed by atoms with Crippen molar-refractivity contribution in [2.45, 2.75) is 32.2 Å². The van der Waals surface area contributed by atoms with E-state index in [9.17, 15) is 5.21 Å². The number of piperazine rings is 1. The van der Waals surface area contributed by atoms with Crippen molar-refractivity contribution in [1.82, 2.24) is 5.32 Å². The van der Waals surface area contributed by atoms with Crippen LogP contribution in [0.25, 0.3) is 0 Å². The Morgan fingerprint density at radius 2 is 2.54 bits per heavy atom. The van der Waals surface area contributed by atoms with Gasteiger partial charge < -0.3 is 15.2 Å². The van der Waals surface area contributed by atoms with E-state index in [2.05, 4.69) is 11.4 Å². The molecule has 0 bridgehead atoms. The summed E-state index contributed by atoms with van der Waals surface area (Å²) >= 11 is 0. The second-order valence-corrected chi connectivity index (χ2v) is 4.00. The first-order chi connectivity index (χ1) is 6.26. The van der Waals surface area contributed by atoms with Crippen LogP contribution in [0.15, 0.2) is 11.8 Å². The minimum Gasteiger partial charge on any atom is -0.628 e. The van der Waals surface area contributed by atoms with E-state index in [1.54, 1.807) is 0 Å². The van der Waals surface area contributed by atoms with Crippen LogP contribution in [-0.4, -0.2) is 30.3 Å². The molecule has 1 fully saturated rings. The van der Waals surface area contributed by atoms with Crippen LogP contribution in [0.2, 0.25) is 0 Å². The normalized spacial score (nSPS) is 39.5. The summed E-state index contributed by atoms with van der Waals surface area (Å²) in [5, 5.41) is 15.7. The van der Waals surface area contributed by atoms with E-state index in [1.165, 1.54) is 6.42 Å². The van der Waals surface area contributed by atoms with Crippen LogP contribution >= 0.6 is 0 Å². The number of likely N-dealkylation sites (N-methyl/N-ethyl adjacent to an activating group) is 1. The molecule has 2 rings (SSSR count). The van der Waals surface area contributed by atoms with Gasteiger partial charge in [-0.1, -0.05) is 0 Å². The van der Waals surface area contributed by atoms with E-state index in [1.807, 2.05) is 6.92 Å². The Kier molecular flexibility index (Phi) is 2.41. The van der Waals surface area contributed by atoms with E-state index in [0.717, 1.165) is 25.1 Å². The molecule has 1 saturated heterocycles. The maximum Gasteiger partial charge on any atom is 0.122 e. The maximum absolute atomic E-state index is 12.3. The molecule has 0 aromatic rings. The number of hydrogen-bond donors (Lipinski definition) is 1. The number of hydroxylamine groups is 3. The van der Waals surface area contributed by atoms with Crippen LogP contribution in [0.3, 0.4) is 0 Å². The first-order valence-corrected chi connectivity index (χ1v) is 5.28. The van der Waals surface area contributed by atoms with Crippen molar-refractivity contribution < 1.29 is 4.65 Å². The van der Waals surface area contributed by atoms with E-state index in [4.69, 9.17) is 0 Å². The Hall–Kier alpha value is -0.380. The summed E-state index contributed by atoms with van der Waals surface area (Å²) in [6.07, 6.45) is 5.63. The van der Waals surface area contributed by atoms with Crippen molar-refractivity contribution in [2.24, 2.45) is 0 Å². The van der Waals surface area contributed by atoms with Crippen molar-refractivity contribution in [2.75, 3.05) is 19.6 Å². The molecule has 2 atom stereocenters. The predicted molar refractivity (Wildman–Crippen MR) is 52.8 cm³/mol. The molecule has 1 aliphatic heterocycles. The van der Waals surface area contributed by atoms with Crippen molar-refractivity contribution in [3.8, 4) is 0 Å². The summed E-state index contributed by atoms with van der Waals surface area (Å²) in [6.45, 7) is 4.26. The lowest BCUT2D eigenvalue weighted by atomic mass is 9.96. The summed E-state index contributed by atoms with van der Waals surface area (Å²) in [5.41, 5.74) is 1.10. The van der Waals surface area contributed by atoms with Crippen LogP contribution in [0, 0.1) is 5.21 Å². The quantitative estimate of drug-likeness (QED) is 0.491. The van der Waals surface area contributed by atoms with Gasteiger partial charge in [-0.3, -0.25) is 0 Å². The number of fused-ring (bicyclic) bond motifs is 1. The monoisotopic (exact) mass is 182 g/mol. The molecule has 2 aliphatic rings. The fraction of sp³-hybridized carbons (Fsp3) is 0.800. The highest BCUT2D eigenvalue weighted by atomic mass is 16.5. The Balaban J connectivity index is 2.24. The molecular weight excluding hydrogens is 164 g/mol. The molecule has 0 radical (unpaired) electrons. The van der Waals surface area contributed by atoms with Crippen LogP contribution in [-0.2, 0) is 0 Å². The van der Waals surface area contributed by atoms with Crippen LogP contribution < -0.4 is 5.32 Å². The number of allylic oxidation sites excluding steroid dienone is 1. The zero-order chi connectivity index (χ0) is 9.31. The van der Waals surface area contributed by atoms with Gasteiger partial charge in [0.15, 0.2) is 0 Å². The molecule has 3 nitrogen and oxygen atoms in total. The third-order valence-corrected chi connectivity index (χ3v) is 3.25. The molecule has 0 aromatic heterocycles. The van der Waals surface area contributed by atoms with Crippen LogP contribution in [0.4, 0.5) is 0 Å². The topological polar surface area (TPSA) is 35.1 Å². The minimum atomic E-state index is -0.0718. The second-order valence-electron chi connectivity index (χ2n) is 4.00. The van der Waals surface area contributed by atoms with Gasteiger partial charge in [0, 0.05) is 6.54 Å². The molecular formula is C10H18N2O. The van der Waals surface area contributed by atoms with Gasteiger partial charge in [-0.2, -0.15) is 0 Å². The van der Waals surface area contributed by atoms with Crippen LogP contribution in [0.5, 0.6) is 0 Å². The smallest absolute Gasteiger partial charge is 0.122 e. The van der Waals surface area contributed by atoms with Crippen molar-refractivity contribution in [3.05, 3.63) is 17.0 Å². The molecule has 0 saturated carbocycles. The highest BCUT2D eigenvalue weighted by molar-refractivity contribution is 5.09. The summed E-state index contributed by atoms with van der Waals surface area (Å²) in [4.78, 5) is 0. The summed E-state index contributed by atoms with van der Waals surface area (Å²) in [5.74, 6) is 0. The fourth-order valence-corrected chi connectivity index (χ4v) is 2.41. The highest BCUT2D eigenvalue weighted by Crippen LogP contribution is 2.29. The Morgan fingerprint density at radius 3 is 3.31 bits per heavy atom. The van der Waals surface area contributed by atoms with Crippen LogP contribution in [0.1, 0.15) is 26.2 Å². The number of hydrogen-bond acceptors (Lipinski definition) is 2. The molecule has 1 unspecified atom stereocenters. The molecule has 1 heterocycles. The molecule has 74 valence electrons. The van der Waals surface area contributed by atoms with Crippen molar-refractivity contribution in [3.63, 3.8) is 0 Å². The van der Waals surface area contributed by atoms with E-state index < -0.39 is 0 Å². The lowest BCUT2D eigenvalue weighted by Gasteiger charge is -2.50. The Morgan fingerprint density at radius 1 is 1.69 bits per heavy atom. The Bertz CT molecular complexity index is 227. The molecule has 0 amide bonds. The summed E-state index contributed by atoms with van der Waals surface area (Å²) < 4.78 is -0.0718. The largest absolute Gasteiger partial charge is 0.628 e. The van der Waals surface area contributed by atoms with Crippen molar-refractivity contribution in [1.29, 1.82) is 0 Å². The molecule has 1 N–H and O–H groups in total. The van der Waals surface area contributed by atoms with Gasteiger partial charge >= 0.3 is 0 Å². The molecule has 1 aliphatic carbocycles. The number of nitrogens with one attached hydrogen (secondary N) is 1. The summed E-state index contributed by atoms with van der Waals surface area (Å²) in [7, 11) is 0. The average Bonchev–Trinajstić information content (AvgIpc) is 2.19. The number of quaternary nitrogens is 1. The van der Waals surface area contributed by atoms with E-state index in [-0.39, 0.29) is 4.65 Å². The average molecular weight is 182 g/mol. The van der Waals surface area contributed by atoms with Gasteiger partial charge in [-0.25, -0.2) is 0 Å². The van der Waals surface area contributed by atoms with Gasteiger partial charge in [-0.05, 0) is 32.3 Å². The van der Waals surface area contributed by atoms with Crippen molar-refractivity contribution >= 4 is 0 Å². The second kappa shape index (κ2) is 3.40. The fourth-order valence-electron chi connectivity index (χ4n) is 2.41. The molecule has 0 aromatic carbocycles. The first-order valence-electron chi connectivity index (χ1n) is 5.28. The molecule has 3 heteroatoms. The summed E-state index contributed by atoms with van der Waals surface area (Å²) in [6, 6.07) is 0.375. The van der Waals surface area contributed by atoms with Gasteiger partial charge in [-0.15, -0.1) is 0 Å². The molecule has 13 heavy (non-hydrogen) atoms. The highest BCUT2D eigenvalue weighted by Gasteiger charge is 2.34. The third-order valence-electron chi connectivity index (χ3n) is 3.25. The SMILES string of the molecule is CC[N+]1([O-])CCN[C@H]2CCCC=C21. The number of rotatable bonds is 1. The molecule has 0 spiro atoms. The van der Waals surface area contributed by atoms with E-state index >= 15 is 0 Å². The van der Waals surface area contributed by atoms with Gasteiger partial charge in [0.25, 0.3) is 0 Å². The standard InChI is InChI=1S/C10H18N2O/c1-2-12(13)8-7-11-9-5-3-4-6-10(9)12/h6,9,11H,2-5,7-8H2,1H3/t9-,12?/m0/s1. The minimum absolute atomic E-state index is 0.0718. The predicted octanol–water partition coefficient (Wildman–Crippen LogP) is 1.36. The van der Waals surface area contributed by atoms with Gasteiger partial charge in [0.1, 0.15) is 5.70 Å². The number of nitrogens with zero attached hydrogens (tertiary/aromatic N) is 1. The zero-order valence-electron chi connectivity index (χ0n) is 8.25.